The highest BCUT2D eigenvalue weighted by atomic mass is 19.1. The van der Waals surface area contributed by atoms with Crippen LogP contribution in [-0.2, 0) is 14.3 Å². The number of amides is 1. The second-order valence-corrected chi connectivity index (χ2v) is 4.73. The van der Waals surface area contributed by atoms with E-state index in [1.54, 1.807) is 6.92 Å². The molecule has 6 heteroatoms. The zero-order chi connectivity index (χ0) is 14.5. The summed E-state index contributed by atoms with van der Waals surface area (Å²) in [6.07, 6.45) is 1.19. The summed E-state index contributed by atoms with van der Waals surface area (Å²) in [5, 5.41) is 11.8. The van der Waals surface area contributed by atoms with Crippen molar-refractivity contribution >= 4 is 11.6 Å². The number of halogens is 1. The van der Waals surface area contributed by atoms with Crippen LogP contribution >= 0.6 is 0 Å². The molecular weight excluding hydrogens is 265 g/mol. The summed E-state index contributed by atoms with van der Waals surface area (Å²) in [6.45, 7) is 2.62. The molecule has 0 saturated carbocycles. The van der Waals surface area contributed by atoms with E-state index in [-0.39, 0.29) is 17.5 Å². The van der Waals surface area contributed by atoms with Gasteiger partial charge in [-0.1, -0.05) is 6.07 Å². The highest BCUT2D eigenvalue weighted by Crippen LogP contribution is 2.26. The molecule has 1 amide bonds. The molecule has 1 aliphatic rings. The fraction of sp³-hybridized carbons (Fsp3) is 0.500. The van der Waals surface area contributed by atoms with E-state index in [2.05, 4.69) is 5.32 Å². The molecule has 1 aromatic rings. The van der Waals surface area contributed by atoms with Gasteiger partial charge in [-0.2, -0.15) is 0 Å². The zero-order valence-electron chi connectivity index (χ0n) is 11.3. The first-order valence-corrected chi connectivity index (χ1v) is 6.59. The third-order valence-electron chi connectivity index (χ3n) is 3.17. The van der Waals surface area contributed by atoms with E-state index in [9.17, 15) is 14.3 Å². The molecule has 1 saturated heterocycles. The van der Waals surface area contributed by atoms with Crippen molar-refractivity contribution in [3.8, 4) is 5.75 Å². The first kappa shape index (κ1) is 14.7. The Bertz CT molecular complexity index is 454. The molecule has 1 fully saturated rings. The van der Waals surface area contributed by atoms with Gasteiger partial charge in [-0.05, 0) is 31.9 Å². The number of rotatable bonds is 5. The molecule has 2 atom stereocenters. The standard InChI is InChI=1S/C14H18FNO4/c1-9(20-8-10-4-3-7-19-10)14(18)16-13-11(15)5-2-6-12(13)17/h2,5-6,9-10,17H,3-4,7-8H2,1H3,(H,16,18)/t9-,10-/m1/s1. The predicted octanol–water partition coefficient (Wildman–Crippen LogP) is 2.05. The quantitative estimate of drug-likeness (QED) is 0.812. The lowest BCUT2D eigenvalue weighted by molar-refractivity contribution is -0.128. The Balaban J connectivity index is 1.87. The van der Waals surface area contributed by atoms with Crippen molar-refractivity contribution in [1.29, 1.82) is 0 Å². The highest BCUT2D eigenvalue weighted by Gasteiger charge is 2.21. The van der Waals surface area contributed by atoms with Crippen LogP contribution < -0.4 is 5.32 Å². The maximum absolute atomic E-state index is 13.5. The van der Waals surface area contributed by atoms with Crippen LogP contribution in [0.5, 0.6) is 5.75 Å². The van der Waals surface area contributed by atoms with Gasteiger partial charge in [0.05, 0.1) is 12.7 Å². The molecule has 2 rings (SSSR count). The Labute approximate surface area is 116 Å². The summed E-state index contributed by atoms with van der Waals surface area (Å²) in [5.41, 5.74) is -0.231. The summed E-state index contributed by atoms with van der Waals surface area (Å²) in [5.74, 6) is -1.52. The Hall–Kier alpha value is -1.66. The Morgan fingerprint density at radius 1 is 1.65 bits per heavy atom. The predicted molar refractivity (Wildman–Crippen MR) is 71.1 cm³/mol. The van der Waals surface area contributed by atoms with Crippen molar-refractivity contribution in [2.45, 2.75) is 32.0 Å². The number of aromatic hydroxyl groups is 1. The molecule has 1 aromatic carbocycles. The maximum Gasteiger partial charge on any atom is 0.253 e. The molecule has 1 heterocycles. The van der Waals surface area contributed by atoms with Crippen LogP contribution in [0, 0.1) is 5.82 Å². The molecule has 0 bridgehead atoms. The van der Waals surface area contributed by atoms with Gasteiger partial charge in [0.25, 0.3) is 5.91 Å². The van der Waals surface area contributed by atoms with Crippen LogP contribution in [0.1, 0.15) is 19.8 Å². The smallest absolute Gasteiger partial charge is 0.253 e. The number of phenolic OH excluding ortho intramolecular Hbond substituents is 1. The van der Waals surface area contributed by atoms with Gasteiger partial charge in [0.1, 0.15) is 17.5 Å². The van der Waals surface area contributed by atoms with E-state index in [1.165, 1.54) is 12.1 Å². The molecule has 110 valence electrons. The molecule has 0 aliphatic carbocycles. The van der Waals surface area contributed by atoms with Gasteiger partial charge < -0.3 is 19.9 Å². The number of benzene rings is 1. The number of phenols is 1. The van der Waals surface area contributed by atoms with Gasteiger partial charge in [0.15, 0.2) is 5.82 Å². The number of carbonyl (C=O) groups excluding carboxylic acids is 1. The highest BCUT2D eigenvalue weighted by molar-refractivity contribution is 5.95. The minimum absolute atomic E-state index is 0.0205. The van der Waals surface area contributed by atoms with Crippen molar-refractivity contribution in [3.63, 3.8) is 0 Å². The number of hydrogen-bond donors (Lipinski definition) is 2. The van der Waals surface area contributed by atoms with E-state index in [4.69, 9.17) is 9.47 Å². The van der Waals surface area contributed by atoms with Crippen molar-refractivity contribution in [3.05, 3.63) is 24.0 Å². The minimum atomic E-state index is -0.752. The van der Waals surface area contributed by atoms with Gasteiger partial charge in [-0.25, -0.2) is 4.39 Å². The van der Waals surface area contributed by atoms with Crippen molar-refractivity contribution in [1.82, 2.24) is 0 Å². The van der Waals surface area contributed by atoms with Crippen LogP contribution in [0.15, 0.2) is 18.2 Å². The number of anilines is 1. The molecular formula is C14H18FNO4. The van der Waals surface area contributed by atoms with Gasteiger partial charge in [-0.3, -0.25) is 4.79 Å². The Morgan fingerprint density at radius 2 is 2.45 bits per heavy atom. The molecule has 20 heavy (non-hydrogen) atoms. The third-order valence-corrected chi connectivity index (χ3v) is 3.17. The van der Waals surface area contributed by atoms with Crippen molar-refractivity contribution in [2.24, 2.45) is 0 Å². The summed E-state index contributed by atoms with van der Waals surface area (Å²) in [4.78, 5) is 11.9. The van der Waals surface area contributed by atoms with Crippen LogP contribution in [-0.4, -0.2) is 36.4 Å². The lowest BCUT2D eigenvalue weighted by Crippen LogP contribution is -2.30. The summed E-state index contributed by atoms with van der Waals surface area (Å²) in [7, 11) is 0. The van der Waals surface area contributed by atoms with Crippen LogP contribution in [0.4, 0.5) is 10.1 Å². The first-order chi connectivity index (χ1) is 9.58. The average Bonchev–Trinajstić information content (AvgIpc) is 2.93. The topological polar surface area (TPSA) is 67.8 Å². The molecule has 0 unspecified atom stereocenters. The van der Waals surface area contributed by atoms with Crippen LogP contribution in [0.2, 0.25) is 0 Å². The fourth-order valence-electron chi connectivity index (χ4n) is 1.96. The number of para-hydroxylation sites is 1. The Kier molecular flexibility index (Phi) is 4.92. The summed E-state index contributed by atoms with van der Waals surface area (Å²) >= 11 is 0. The first-order valence-electron chi connectivity index (χ1n) is 6.59. The fourth-order valence-corrected chi connectivity index (χ4v) is 1.96. The number of hydrogen-bond acceptors (Lipinski definition) is 4. The van der Waals surface area contributed by atoms with Gasteiger partial charge >= 0.3 is 0 Å². The van der Waals surface area contributed by atoms with E-state index >= 15 is 0 Å². The second-order valence-electron chi connectivity index (χ2n) is 4.73. The van der Waals surface area contributed by atoms with Gasteiger partial charge in [0, 0.05) is 6.61 Å². The largest absolute Gasteiger partial charge is 0.506 e. The second kappa shape index (κ2) is 6.67. The SMILES string of the molecule is C[C@@H](OC[C@H]1CCCO1)C(=O)Nc1c(O)cccc1F. The third kappa shape index (κ3) is 3.68. The molecule has 0 radical (unpaired) electrons. The zero-order valence-corrected chi connectivity index (χ0v) is 11.3. The van der Waals surface area contributed by atoms with Crippen molar-refractivity contribution in [2.75, 3.05) is 18.5 Å². The molecule has 5 nitrogen and oxygen atoms in total. The van der Waals surface area contributed by atoms with E-state index in [0.29, 0.717) is 6.61 Å². The number of nitrogens with one attached hydrogen (secondary N) is 1. The van der Waals surface area contributed by atoms with E-state index in [1.807, 2.05) is 0 Å². The van der Waals surface area contributed by atoms with E-state index < -0.39 is 17.8 Å². The molecule has 0 spiro atoms. The number of carbonyl (C=O) groups is 1. The van der Waals surface area contributed by atoms with E-state index in [0.717, 1.165) is 25.5 Å². The summed E-state index contributed by atoms with van der Waals surface area (Å²) in [6, 6.07) is 3.82. The molecule has 0 aromatic heterocycles. The number of ether oxygens (including phenoxy) is 2. The minimum Gasteiger partial charge on any atom is -0.506 e. The Morgan fingerprint density at radius 3 is 3.10 bits per heavy atom. The molecule has 1 aliphatic heterocycles. The van der Waals surface area contributed by atoms with Gasteiger partial charge in [0.2, 0.25) is 0 Å². The van der Waals surface area contributed by atoms with Crippen molar-refractivity contribution < 1.29 is 23.8 Å². The normalized spacial score (nSPS) is 19.8. The van der Waals surface area contributed by atoms with Crippen LogP contribution in [0.25, 0.3) is 0 Å². The maximum atomic E-state index is 13.5. The lowest BCUT2D eigenvalue weighted by Gasteiger charge is -2.16. The van der Waals surface area contributed by atoms with Gasteiger partial charge in [-0.15, -0.1) is 0 Å². The lowest BCUT2D eigenvalue weighted by atomic mass is 10.2. The summed E-state index contributed by atoms with van der Waals surface area (Å²) < 4.78 is 24.3. The average molecular weight is 283 g/mol. The molecule has 2 N–H and O–H groups in total. The monoisotopic (exact) mass is 283 g/mol. The van der Waals surface area contributed by atoms with Crippen LogP contribution in [0.3, 0.4) is 0 Å².